The summed E-state index contributed by atoms with van der Waals surface area (Å²) in [4.78, 5) is 2.61. The molecule has 1 heterocycles. The fourth-order valence-electron chi connectivity index (χ4n) is 3.11. The van der Waals surface area contributed by atoms with Gasteiger partial charge < -0.3 is 5.73 Å². The third-order valence-corrected chi connectivity index (χ3v) is 4.46. The van der Waals surface area contributed by atoms with Gasteiger partial charge in [0.2, 0.25) is 0 Å². The van der Waals surface area contributed by atoms with Crippen molar-refractivity contribution in [3.05, 3.63) is 0 Å². The molecule has 0 radical (unpaired) electrons. The Morgan fingerprint density at radius 2 is 1.86 bits per heavy atom. The number of hydrogen-bond acceptors (Lipinski definition) is 2. The smallest absolute Gasteiger partial charge is 0.0275 e. The van der Waals surface area contributed by atoms with Crippen molar-refractivity contribution in [1.29, 1.82) is 0 Å². The second-order valence-corrected chi connectivity index (χ2v) is 5.90. The summed E-state index contributed by atoms with van der Waals surface area (Å²) < 4.78 is 0. The van der Waals surface area contributed by atoms with E-state index in [0.29, 0.717) is 5.41 Å². The van der Waals surface area contributed by atoms with Gasteiger partial charge in [0.15, 0.2) is 0 Å². The van der Waals surface area contributed by atoms with Gasteiger partial charge in [-0.1, -0.05) is 12.8 Å². The number of nitrogens with two attached hydrogens (primary N) is 1. The molecule has 1 spiro atoms. The normalized spacial score (nSPS) is 27.6. The zero-order valence-corrected chi connectivity index (χ0v) is 9.68. The molecule has 2 heteroatoms. The highest BCUT2D eigenvalue weighted by Gasteiger charge is 2.43. The van der Waals surface area contributed by atoms with E-state index >= 15 is 0 Å². The van der Waals surface area contributed by atoms with Gasteiger partial charge in [0.05, 0.1) is 0 Å². The van der Waals surface area contributed by atoms with Crippen LogP contribution >= 0.6 is 0 Å². The highest BCUT2D eigenvalue weighted by molar-refractivity contribution is 4.98. The maximum Gasteiger partial charge on any atom is 0.0275 e. The van der Waals surface area contributed by atoms with Crippen LogP contribution in [-0.4, -0.2) is 30.1 Å². The van der Waals surface area contributed by atoms with Gasteiger partial charge in [-0.25, -0.2) is 0 Å². The van der Waals surface area contributed by atoms with Crippen molar-refractivity contribution in [2.45, 2.75) is 51.5 Å². The van der Waals surface area contributed by atoms with Crippen molar-refractivity contribution < 1.29 is 0 Å². The first-order valence-electron chi connectivity index (χ1n) is 6.03. The highest BCUT2D eigenvalue weighted by Crippen LogP contribution is 2.46. The van der Waals surface area contributed by atoms with Gasteiger partial charge in [-0.05, 0) is 45.1 Å². The summed E-state index contributed by atoms with van der Waals surface area (Å²) in [5.41, 5.74) is 6.73. The Bertz CT molecular complexity index is 204. The fraction of sp³-hybridized carbons (Fsp3) is 1.00. The molecule has 0 unspecified atom stereocenters. The van der Waals surface area contributed by atoms with Crippen LogP contribution in [0.25, 0.3) is 0 Å². The minimum absolute atomic E-state index is 0.214. The Hall–Kier alpha value is -0.0800. The summed E-state index contributed by atoms with van der Waals surface area (Å²) >= 11 is 0. The summed E-state index contributed by atoms with van der Waals surface area (Å²) in [6.07, 6.45) is 7.25. The van der Waals surface area contributed by atoms with Gasteiger partial charge in [-0.15, -0.1) is 0 Å². The van der Waals surface area contributed by atoms with Gasteiger partial charge in [-0.2, -0.15) is 0 Å². The third kappa shape index (κ3) is 1.70. The van der Waals surface area contributed by atoms with Crippen LogP contribution in [0.4, 0.5) is 0 Å². The van der Waals surface area contributed by atoms with E-state index < -0.39 is 0 Å². The van der Waals surface area contributed by atoms with Crippen molar-refractivity contribution in [1.82, 2.24) is 4.90 Å². The summed E-state index contributed by atoms with van der Waals surface area (Å²) in [5, 5.41) is 0. The van der Waals surface area contributed by atoms with Crippen molar-refractivity contribution in [2.24, 2.45) is 11.1 Å². The number of likely N-dealkylation sites (tertiary alicyclic amines) is 1. The zero-order chi connectivity index (χ0) is 10.2. The van der Waals surface area contributed by atoms with Crippen molar-refractivity contribution >= 4 is 0 Å². The van der Waals surface area contributed by atoms with Gasteiger partial charge in [0.1, 0.15) is 0 Å². The third-order valence-electron chi connectivity index (χ3n) is 4.46. The van der Waals surface area contributed by atoms with E-state index in [1.54, 1.807) is 0 Å². The first-order valence-corrected chi connectivity index (χ1v) is 6.03. The van der Waals surface area contributed by atoms with Crippen LogP contribution in [0.5, 0.6) is 0 Å². The second-order valence-electron chi connectivity index (χ2n) is 5.90. The molecule has 2 aliphatic rings. The summed E-state index contributed by atoms with van der Waals surface area (Å²) in [5.74, 6) is 0. The Morgan fingerprint density at radius 1 is 1.21 bits per heavy atom. The molecule has 0 aromatic heterocycles. The Labute approximate surface area is 87.8 Å². The van der Waals surface area contributed by atoms with Crippen LogP contribution in [0, 0.1) is 5.41 Å². The lowest BCUT2D eigenvalue weighted by atomic mass is 9.85. The lowest BCUT2D eigenvalue weighted by Gasteiger charge is -2.36. The molecular formula is C12H24N2. The van der Waals surface area contributed by atoms with Crippen LogP contribution in [0.1, 0.15) is 46.0 Å². The molecule has 2 rings (SSSR count). The maximum atomic E-state index is 5.83. The Kier molecular flexibility index (Phi) is 2.61. The lowest BCUT2D eigenvalue weighted by Crippen LogP contribution is -2.48. The van der Waals surface area contributed by atoms with Crippen LogP contribution < -0.4 is 5.73 Å². The van der Waals surface area contributed by atoms with Crippen molar-refractivity contribution in [2.75, 3.05) is 19.6 Å². The molecule has 0 aromatic carbocycles. The summed E-state index contributed by atoms with van der Waals surface area (Å²) in [6, 6.07) is 0. The van der Waals surface area contributed by atoms with E-state index in [1.165, 1.54) is 45.2 Å². The second kappa shape index (κ2) is 3.49. The Balaban J connectivity index is 2.00. The first kappa shape index (κ1) is 10.4. The molecule has 0 aromatic rings. The van der Waals surface area contributed by atoms with Crippen LogP contribution in [0.2, 0.25) is 0 Å². The molecule has 82 valence electrons. The standard InChI is InChI=1S/C12H24N2/c1-11(2,9-13)14-8-7-12(10-14)5-3-4-6-12/h3-10,13H2,1-2H3. The van der Waals surface area contributed by atoms with E-state index in [9.17, 15) is 0 Å². The van der Waals surface area contributed by atoms with Crippen molar-refractivity contribution in [3.63, 3.8) is 0 Å². The van der Waals surface area contributed by atoms with Gasteiger partial charge >= 0.3 is 0 Å². The topological polar surface area (TPSA) is 29.3 Å². The highest BCUT2D eigenvalue weighted by atomic mass is 15.2. The van der Waals surface area contributed by atoms with E-state index in [-0.39, 0.29) is 5.54 Å². The van der Waals surface area contributed by atoms with Gasteiger partial charge in [0.25, 0.3) is 0 Å². The predicted octanol–water partition coefficient (Wildman–Crippen LogP) is 1.99. The molecule has 1 saturated carbocycles. The molecule has 1 saturated heterocycles. The molecule has 2 N–H and O–H groups in total. The number of hydrogen-bond donors (Lipinski definition) is 1. The van der Waals surface area contributed by atoms with Gasteiger partial charge in [-0.3, -0.25) is 4.90 Å². The minimum Gasteiger partial charge on any atom is -0.329 e. The van der Waals surface area contributed by atoms with E-state index in [2.05, 4.69) is 18.7 Å². The largest absolute Gasteiger partial charge is 0.329 e. The van der Waals surface area contributed by atoms with Gasteiger partial charge in [0, 0.05) is 18.6 Å². The molecule has 0 bridgehead atoms. The monoisotopic (exact) mass is 196 g/mol. The summed E-state index contributed by atoms with van der Waals surface area (Å²) in [7, 11) is 0. The fourth-order valence-corrected chi connectivity index (χ4v) is 3.11. The zero-order valence-electron chi connectivity index (χ0n) is 9.68. The molecule has 14 heavy (non-hydrogen) atoms. The minimum atomic E-state index is 0.214. The summed E-state index contributed by atoms with van der Waals surface area (Å²) in [6.45, 7) is 7.91. The molecule has 0 amide bonds. The van der Waals surface area contributed by atoms with Crippen LogP contribution in [-0.2, 0) is 0 Å². The molecular weight excluding hydrogens is 172 g/mol. The molecule has 2 nitrogen and oxygen atoms in total. The Morgan fingerprint density at radius 3 is 2.43 bits per heavy atom. The SMILES string of the molecule is CC(C)(CN)N1CCC2(CCCC2)C1. The quantitative estimate of drug-likeness (QED) is 0.732. The van der Waals surface area contributed by atoms with E-state index in [4.69, 9.17) is 5.73 Å². The lowest BCUT2D eigenvalue weighted by molar-refractivity contribution is 0.139. The average Bonchev–Trinajstić information content (AvgIpc) is 2.78. The molecule has 0 atom stereocenters. The molecule has 1 aliphatic heterocycles. The molecule has 2 fully saturated rings. The number of rotatable bonds is 2. The average molecular weight is 196 g/mol. The predicted molar refractivity (Wildman–Crippen MR) is 60.2 cm³/mol. The van der Waals surface area contributed by atoms with Crippen LogP contribution in [0.15, 0.2) is 0 Å². The van der Waals surface area contributed by atoms with Crippen LogP contribution in [0.3, 0.4) is 0 Å². The molecule has 1 aliphatic carbocycles. The number of nitrogens with zero attached hydrogens (tertiary/aromatic N) is 1. The first-order chi connectivity index (χ1) is 6.58. The van der Waals surface area contributed by atoms with E-state index in [1.807, 2.05) is 0 Å². The van der Waals surface area contributed by atoms with E-state index in [0.717, 1.165) is 6.54 Å². The maximum absolute atomic E-state index is 5.83. The van der Waals surface area contributed by atoms with Crippen molar-refractivity contribution in [3.8, 4) is 0 Å².